The molecule has 0 saturated carbocycles. The molecule has 3 N–H and O–H groups in total. The smallest absolute Gasteiger partial charge is 0.251 e. The molecule has 1 atom stereocenters. The molecule has 3 heterocycles. The van der Waals surface area contributed by atoms with Gasteiger partial charge in [0.2, 0.25) is 0 Å². The molecule has 8 nitrogen and oxygen atoms in total. The first-order valence-electron chi connectivity index (χ1n) is 10.0. The lowest BCUT2D eigenvalue weighted by Gasteiger charge is -2.26. The van der Waals surface area contributed by atoms with Gasteiger partial charge in [-0.05, 0) is 39.0 Å². The van der Waals surface area contributed by atoms with Crippen LogP contribution in [0.15, 0.2) is 18.2 Å². The molecule has 1 amide bonds. The number of aromatic nitrogens is 4. The first-order valence-corrected chi connectivity index (χ1v) is 10.0. The number of fused-ring (bicyclic) bond motifs is 2. The first-order chi connectivity index (χ1) is 13.9. The molecule has 1 aromatic carbocycles. The van der Waals surface area contributed by atoms with E-state index in [2.05, 4.69) is 17.2 Å². The summed E-state index contributed by atoms with van der Waals surface area (Å²) in [5, 5.41) is 10.7. The van der Waals surface area contributed by atoms with Gasteiger partial charge in [0, 0.05) is 32.1 Å². The maximum Gasteiger partial charge on any atom is 0.251 e. The van der Waals surface area contributed by atoms with Crippen LogP contribution < -0.4 is 5.32 Å². The largest absolute Gasteiger partial charge is 0.355 e. The Morgan fingerprint density at radius 3 is 2.90 bits per heavy atom. The predicted molar refractivity (Wildman–Crippen MR) is 112 cm³/mol. The van der Waals surface area contributed by atoms with Crippen LogP contribution in [0.2, 0.25) is 0 Å². The third-order valence-corrected chi connectivity index (χ3v) is 5.64. The molecule has 0 spiro atoms. The summed E-state index contributed by atoms with van der Waals surface area (Å²) in [6, 6.07) is 5.60. The van der Waals surface area contributed by atoms with Crippen molar-refractivity contribution in [1.82, 2.24) is 29.7 Å². The number of imidazole rings is 2. The van der Waals surface area contributed by atoms with E-state index in [9.17, 15) is 4.79 Å². The Bertz CT molecular complexity index is 1090. The van der Waals surface area contributed by atoms with Crippen LogP contribution >= 0.6 is 0 Å². The van der Waals surface area contributed by atoms with Gasteiger partial charge >= 0.3 is 0 Å². The molecule has 2 aromatic heterocycles. The van der Waals surface area contributed by atoms with E-state index in [1.807, 2.05) is 48.6 Å². The van der Waals surface area contributed by atoms with Gasteiger partial charge in [-0.2, -0.15) is 0 Å². The van der Waals surface area contributed by atoms with Crippen LogP contribution in [0.1, 0.15) is 60.1 Å². The Morgan fingerprint density at radius 2 is 2.17 bits per heavy atom. The van der Waals surface area contributed by atoms with Crippen molar-refractivity contribution < 1.29 is 4.79 Å². The molecule has 152 valence electrons. The van der Waals surface area contributed by atoms with E-state index >= 15 is 0 Å². The lowest BCUT2D eigenvalue weighted by Crippen LogP contribution is -2.33. The Kier molecular flexibility index (Phi) is 4.86. The molecule has 0 saturated heterocycles. The second-order valence-corrected chi connectivity index (χ2v) is 7.62. The zero-order valence-electron chi connectivity index (χ0n) is 17.3. The molecular formula is C21H27N7O. The van der Waals surface area contributed by atoms with Gasteiger partial charge in [-0.3, -0.25) is 10.2 Å². The van der Waals surface area contributed by atoms with Crippen LogP contribution in [0.25, 0.3) is 11.0 Å². The fourth-order valence-corrected chi connectivity index (χ4v) is 3.93. The number of benzene rings is 1. The lowest BCUT2D eigenvalue weighted by atomic mass is 10.1. The first kappa shape index (κ1) is 19.2. The summed E-state index contributed by atoms with van der Waals surface area (Å²) in [6.07, 6.45) is 0.840. The predicted octanol–water partition coefficient (Wildman–Crippen LogP) is 2.55. The molecule has 3 aromatic rings. The lowest BCUT2D eigenvalue weighted by molar-refractivity contribution is 0.0956. The maximum atomic E-state index is 12.2. The Labute approximate surface area is 169 Å². The zero-order chi connectivity index (χ0) is 20.7. The van der Waals surface area contributed by atoms with Crippen molar-refractivity contribution in [1.29, 1.82) is 5.41 Å². The van der Waals surface area contributed by atoms with E-state index in [1.54, 1.807) is 0 Å². The number of amidine groups is 1. The molecule has 1 unspecified atom stereocenters. The van der Waals surface area contributed by atoms with Gasteiger partial charge in [0.25, 0.3) is 5.91 Å². The summed E-state index contributed by atoms with van der Waals surface area (Å²) in [5.74, 6) is 2.29. The highest BCUT2D eigenvalue weighted by atomic mass is 16.1. The number of aromatic amines is 1. The Morgan fingerprint density at radius 1 is 1.38 bits per heavy atom. The molecule has 29 heavy (non-hydrogen) atoms. The summed E-state index contributed by atoms with van der Waals surface area (Å²) in [4.78, 5) is 27.3. The molecule has 0 aliphatic carbocycles. The standard InChI is InChI=1S/C21H27N7O/c1-5-23-21(29)14-6-7-16-18(10-14)27(4)20(26-16)12(2)19-24-15-8-9-28(13(3)22)11-17(15)25-19/h6-7,10,12,22H,5,8-9,11H2,1-4H3,(H,23,29)(H,24,25). The number of amides is 1. The van der Waals surface area contributed by atoms with Crippen molar-refractivity contribution >= 4 is 22.8 Å². The summed E-state index contributed by atoms with van der Waals surface area (Å²) in [6.45, 7) is 7.95. The van der Waals surface area contributed by atoms with Crippen molar-refractivity contribution in [2.24, 2.45) is 7.05 Å². The van der Waals surface area contributed by atoms with Crippen LogP contribution in [0, 0.1) is 5.41 Å². The number of H-pyrrole nitrogens is 1. The summed E-state index contributed by atoms with van der Waals surface area (Å²) in [5.41, 5.74) is 4.60. The SMILES string of the molecule is CCNC(=O)c1ccc2nc(C(C)c3nc4c([nH]3)CN(C(C)=N)CC4)n(C)c2c1. The minimum absolute atomic E-state index is 0.0135. The quantitative estimate of drug-likeness (QED) is 0.468. The van der Waals surface area contributed by atoms with Gasteiger partial charge < -0.3 is 19.8 Å². The molecule has 1 aliphatic rings. The van der Waals surface area contributed by atoms with E-state index in [0.717, 1.165) is 47.0 Å². The number of hydrogen-bond donors (Lipinski definition) is 3. The number of carbonyl (C=O) groups is 1. The average Bonchev–Trinajstić information content (AvgIpc) is 3.28. The Balaban J connectivity index is 1.66. The van der Waals surface area contributed by atoms with E-state index in [4.69, 9.17) is 15.4 Å². The fourth-order valence-electron chi connectivity index (χ4n) is 3.93. The van der Waals surface area contributed by atoms with Gasteiger partial charge in [0.15, 0.2) is 0 Å². The van der Waals surface area contributed by atoms with E-state index in [1.165, 1.54) is 0 Å². The highest BCUT2D eigenvalue weighted by Gasteiger charge is 2.25. The second-order valence-electron chi connectivity index (χ2n) is 7.62. The molecular weight excluding hydrogens is 366 g/mol. The van der Waals surface area contributed by atoms with Gasteiger partial charge in [-0.1, -0.05) is 0 Å². The normalized spacial score (nSPS) is 14.7. The number of carbonyl (C=O) groups excluding carboxylic acids is 1. The van der Waals surface area contributed by atoms with Crippen LogP contribution in [0.5, 0.6) is 0 Å². The maximum absolute atomic E-state index is 12.2. The zero-order valence-corrected chi connectivity index (χ0v) is 17.3. The molecule has 0 bridgehead atoms. The van der Waals surface area contributed by atoms with Crippen LogP contribution in [0.4, 0.5) is 0 Å². The minimum atomic E-state index is -0.0741. The summed E-state index contributed by atoms with van der Waals surface area (Å²) >= 11 is 0. The summed E-state index contributed by atoms with van der Waals surface area (Å²) < 4.78 is 2.04. The molecule has 4 rings (SSSR count). The van der Waals surface area contributed by atoms with E-state index in [-0.39, 0.29) is 11.8 Å². The highest BCUT2D eigenvalue weighted by molar-refractivity contribution is 5.97. The van der Waals surface area contributed by atoms with Crippen molar-refractivity contribution in [3.05, 3.63) is 46.8 Å². The fraction of sp³-hybridized carbons (Fsp3) is 0.429. The topological polar surface area (TPSA) is 103 Å². The number of hydrogen-bond acceptors (Lipinski definition) is 4. The van der Waals surface area contributed by atoms with Gasteiger partial charge in [-0.25, -0.2) is 9.97 Å². The number of nitrogens with one attached hydrogen (secondary N) is 3. The van der Waals surface area contributed by atoms with Gasteiger partial charge in [0.05, 0.1) is 40.7 Å². The summed E-state index contributed by atoms with van der Waals surface area (Å²) in [7, 11) is 1.98. The van der Waals surface area contributed by atoms with E-state index in [0.29, 0.717) is 24.5 Å². The molecule has 0 fully saturated rings. The van der Waals surface area contributed by atoms with Crippen molar-refractivity contribution in [2.45, 2.75) is 39.7 Å². The highest BCUT2D eigenvalue weighted by Crippen LogP contribution is 2.27. The van der Waals surface area contributed by atoms with Crippen molar-refractivity contribution in [3.63, 3.8) is 0 Å². The van der Waals surface area contributed by atoms with Crippen LogP contribution in [0.3, 0.4) is 0 Å². The number of nitrogens with zero attached hydrogens (tertiary/aromatic N) is 4. The Hall–Kier alpha value is -3.16. The van der Waals surface area contributed by atoms with Crippen molar-refractivity contribution in [3.8, 4) is 0 Å². The molecule has 0 radical (unpaired) electrons. The monoisotopic (exact) mass is 393 g/mol. The second kappa shape index (κ2) is 7.35. The molecule has 1 aliphatic heterocycles. The number of aryl methyl sites for hydroxylation is 1. The van der Waals surface area contributed by atoms with E-state index < -0.39 is 0 Å². The van der Waals surface area contributed by atoms with Crippen LogP contribution in [-0.4, -0.2) is 49.3 Å². The van der Waals surface area contributed by atoms with Crippen LogP contribution in [-0.2, 0) is 20.0 Å². The third-order valence-electron chi connectivity index (χ3n) is 5.64. The molecule has 8 heteroatoms. The average molecular weight is 393 g/mol. The minimum Gasteiger partial charge on any atom is -0.355 e. The number of rotatable bonds is 4. The third kappa shape index (κ3) is 3.39. The van der Waals surface area contributed by atoms with Crippen molar-refractivity contribution in [2.75, 3.05) is 13.1 Å². The van der Waals surface area contributed by atoms with Gasteiger partial charge in [-0.15, -0.1) is 0 Å². The van der Waals surface area contributed by atoms with Gasteiger partial charge in [0.1, 0.15) is 11.6 Å².